The molecule has 4 rings (SSSR count). The lowest BCUT2D eigenvalue weighted by Crippen LogP contribution is -2.27. The predicted molar refractivity (Wildman–Crippen MR) is 143 cm³/mol. The number of hydrogen-bond acceptors (Lipinski definition) is 7. The van der Waals surface area contributed by atoms with Gasteiger partial charge in [0.15, 0.2) is 0 Å². The van der Waals surface area contributed by atoms with Gasteiger partial charge in [0, 0.05) is 32.9 Å². The number of nitrogens with zero attached hydrogens (tertiary/aromatic N) is 4. The number of amides is 1. The van der Waals surface area contributed by atoms with E-state index in [1.54, 1.807) is 23.1 Å². The number of benzene rings is 2. The van der Waals surface area contributed by atoms with Gasteiger partial charge in [-0.05, 0) is 56.3 Å². The predicted octanol–water partition coefficient (Wildman–Crippen LogP) is 4.52. The minimum Gasteiger partial charge on any atom is -0.326 e. The SMILES string of the molecule is CCN1C(=O)/C(=C/C=C2\N(CC)c3cc(S(=O)(=O)N(C)C)ccc3N2c2ccccc2)SC1=S. The molecule has 0 spiro atoms. The lowest BCUT2D eigenvalue weighted by Gasteiger charge is -2.24. The number of hydrogen-bond donors (Lipinski definition) is 0. The van der Waals surface area contributed by atoms with Crippen molar-refractivity contribution in [3.8, 4) is 0 Å². The van der Waals surface area contributed by atoms with Crippen molar-refractivity contribution in [3.05, 3.63) is 71.4 Å². The molecule has 2 aromatic rings. The van der Waals surface area contributed by atoms with Gasteiger partial charge in [0.1, 0.15) is 10.1 Å². The lowest BCUT2D eigenvalue weighted by molar-refractivity contribution is -0.122. The van der Waals surface area contributed by atoms with Crippen molar-refractivity contribution in [2.24, 2.45) is 0 Å². The van der Waals surface area contributed by atoms with E-state index in [1.165, 1.54) is 30.2 Å². The van der Waals surface area contributed by atoms with Gasteiger partial charge < -0.3 is 4.90 Å². The van der Waals surface area contributed by atoms with E-state index in [0.717, 1.165) is 22.9 Å². The molecule has 2 aromatic carbocycles. The zero-order valence-corrected chi connectivity index (χ0v) is 21.9. The number of carbonyl (C=O) groups excluding carboxylic acids is 1. The van der Waals surface area contributed by atoms with Crippen LogP contribution in [0.3, 0.4) is 0 Å². The summed E-state index contributed by atoms with van der Waals surface area (Å²) in [6, 6.07) is 15.0. The van der Waals surface area contributed by atoms with Crippen molar-refractivity contribution in [1.29, 1.82) is 0 Å². The molecule has 1 saturated heterocycles. The normalized spacial score (nSPS) is 18.7. The van der Waals surface area contributed by atoms with Gasteiger partial charge in [0.25, 0.3) is 5.91 Å². The van der Waals surface area contributed by atoms with Crippen LogP contribution in [0.5, 0.6) is 0 Å². The van der Waals surface area contributed by atoms with Gasteiger partial charge in [0.2, 0.25) is 10.0 Å². The molecule has 0 aromatic heterocycles. The highest BCUT2D eigenvalue weighted by Crippen LogP contribution is 2.47. The van der Waals surface area contributed by atoms with Crippen LogP contribution in [0.1, 0.15) is 13.8 Å². The van der Waals surface area contributed by atoms with Crippen LogP contribution in [-0.2, 0) is 14.8 Å². The molecular weight excluding hydrogens is 488 g/mol. The molecule has 178 valence electrons. The summed E-state index contributed by atoms with van der Waals surface area (Å²) in [6.45, 7) is 5.05. The largest absolute Gasteiger partial charge is 0.326 e. The Balaban J connectivity index is 1.86. The van der Waals surface area contributed by atoms with Crippen molar-refractivity contribution < 1.29 is 13.2 Å². The van der Waals surface area contributed by atoms with Crippen molar-refractivity contribution in [2.75, 3.05) is 37.0 Å². The summed E-state index contributed by atoms with van der Waals surface area (Å²) in [5.74, 6) is 0.725. The second kappa shape index (κ2) is 9.53. The van der Waals surface area contributed by atoms with E-state index in [0.29, 0.717) is 22.3 Å². The smallest absolute Gasteiger partial charge is 0.266 e. The van der Waals surface area contributed by atoms with E-state index in [4.69, 9.17) is 12.2 Å². The number of anilines is 3. The highest BCUT2D eigenvalue weighted by Gasteiger charge is 2.34. The van der Waals surface area contributed by atoms with Gasteiger partial charge in [-0.3, -0.25) is 14.6 Å². The third-order valence-corrected chi connectivity index (χ3v) is 8.87. The summed E-state index contributed by atoms with van der Waals surface area (Å²) in [5, 5.41) is 0. The van der Waals surface area contributed by atoms with Crippen LogP contribution in [0.4, 0.5) is 17.1 Å². The number of sulfonamides is 1. The summed E-state index contributed by atoms with van der Waals surface area (Å²) >= 11 is 6.63. The molecule has 0 saturated carbocycles. The molecule has 2 aliphatic rings. The summed E-state index contributed by atoms with van der Waals surface area (Å²) in [5.41, 5.74) is 2.59. The van der Waals surface area contributed by atoms with Gasteiger partial charge in [-0.2, -0.15) is 0 Å². The van der Waals surface area contributed by atoms with Gasteiger partial charge >= 0.3 is 0 Å². The number of likely N-dealkylation sites (N-methyl/N-ethyl adjacent to an activating group) is 1. The summed E-state index contributed by atoms with van der Waals surface area (Å²) < 4.78 is 27.4. The molecule has 0 radical (unpaired) electrons. The van der Waals surface area contributed by atoms with Gasteiger partial charge in [0.05, 0.1) is 21.2 Å². The Morgan fingerprint density at radius 1 is 0.971 bits per heavy atom. The third-order valence-electron chi connectivity index (χ3n) is 5.67. The Kier molecular flexibility index (Phi) is 6.86. The Bertz CT molecular complexity index is 1300. The molecule has 34 heavy (non-hydrogen) atoms. The number of carbonyl (C=O) groups is 1. The average molecular weight is 515 g/mol. The van der Waals surface area contributed by atoms with Crippen LogP contribution in [0.15, 0.2) is 76.3 Å². The number of rotatable bonds is 6. The van der Waals surface area contributed by atoms with Crippen LogP contribution in [0.25, 0.3) is 0 Å². The van der Waals surface area contributed by atoms with E-state index in [-0.39, 0.29) is 10.8 Å². The van der Waals surface area contributed by atoms with Crippen molar-refractivity contribution in [2.45, 2.75) is 18.7 Å². The fourth-order valence-corrected chi connectivity index (χ4v) is 6.18. The first-order valence-corrected chi connectivity index (χ1v) is 13.5. The van der Waals surface area contributed by atoms with E-state index < -0.39 is 10.0 Å². The van der Waals surface area contributed by atoms with E-state index in [1.807, 2.05) is 61.2 Å². The standard InChI is InChI=1S/C24H26N4O3S3/c1-5-26-20-16-18(34(30,31)25(3)4)12-13-19(20)28(17-10-8-7-9-11-17)22(26)15-14-21-23(29)27(6-2)24(32)33-21/h7-16H,5-6H2,1-4H3/b21-14-,22-15+. The lowest BCUT2D eigenvalue weighted by atomic mass is 10.2. The number of thiocarbonyl (C=S) groups is 1. The summed E-state index contributed by atoms with van der Waals surface area (Å²) in [6.07, 6.45) is 3.70. The first-order valence-electron chi connectivity index (χ1n) is 10.9. The molecule has 0 aliphatic carbocycles. The van der Waals surface area contributed by atoms with E-state index >= 15 is 0 Å². The van der Waals surface area contributed by atoms with Crippen LogP contribution in [0, 0.1) is 0 Å². The van der Waals surface area contributed by atoms with Crippen LogP contribution in [0.2, 0.25) is 0 Å². The maximum atomic E-state index is 12.8. The van der Waals surface area contributed by atoms with E-state index in [2.05, 4.69) is 4.90 Å². The zero-order chi connectivity index (χ0) is 24.6. The number of fused-ring (bicyclic) bond motifs is 1. The molecular formula is C24H26N4O3S3. The molecule has 2 aliphatic heterocycles. The van der Waals surface area contributed by atoms with Crippen molar-refractivity contribution in [3.63, 3.8) is 0 Å². The Morgan fingerprint density at radius 2 is 1.65 bits per heavy atom. The quantitative estimate of drug-likeness (QED) is 0.415. The molecule has 0 N–H and O–H groups in total. The maximum Gasteiger partial charge on any atom is 0.266 e. The summed E-state index contributed by atoms with van der Waals surface area (Å²) in [4.78, 5) is 19.2. The Morgan fingerprint density at radius 3 is 2.24 bits per heavy atom. The first-order chi connectivity index (χ1) is 16.2. The highest BCUT2D eigenvalue weighted by atomic mass is 32.2. The molecule has 0 atom stereocenters. The van der Waals surface area contributed by atoms with Gasteiger partial charge in [-0.1, -0.05) is 42.2 Å². The zero-order valence-electron chi connectivity index (χ0n) is 19.4. The molecule has 7 nitrogen and oxygen atoms in total. The van der Waals surface area contributed by atoms with Crippen molar-refractivity contribution >= 4 is 61.3 Å². The Hall–Kier alpha value is -2.66. The van der Waals surface area contributed by atoms with Crippen LogP contribution >= 0.6 is 24.0 Å². The number of para-hydroxylation sites is 1. The summed E-state index contributed by atoms with van der Waals surface area (Å²) in [7, 11) is -0.545. The topological polar surface area (TPSA) is 64.2 Å². The van der Waals surface area contributed by atoms with Gasteiger partial charge in [-0.25, -0.2) is 12.7 Å². The number of thioether (sulfide) groups is 1. The molecule has 0 bridgehead atoms. The second-order valence-corrected chi connectivity index (χ2v) is 11.7. The van der Waals surface area contributed by atoms with Crippen molar-refractivity contribution in [1.82, 2.24) is 9.21 Å². The second-order valence-electron chi connectivity index (χ2n) is 7.83. The van der Waals surface area contributed by atoms with Crippen LogP contribution < -0.4 is 9.80 Å². The molecule has 2 heterocycles. The Labute approximate surface area is 210 Å². The van der Waals surface area contributed by atoms with Crippen LogP contribution in [-0.4, -0.2) is 55.0 Å². The van der Waals surface area contributed by atoms with Gasteiger partial charge in [-0.15, -0.1) is 0 Å². The monoisotopic (exact) mass is 514 g/mol. The molecule has 0 unspecified atom stereocenters. The molecule has 10 heteroatoms. The van der Waals surface area contributed by atoms with E-state index in [9.17, 15) is 13.2 Å². The minimum atomic E-state index is -3.59. The third kappa shape index (κ3) is 4.15. The fraction of sp³-hybridized carbons (Fsp3) is 0.250. The molecule has 1 fully saturated rings. The molecule has 1 amide bonds. The minimum absolute atomic E-state index is 0.0986. The average Bonchev–Trinajstić information content (AvgIpc) is 3.29. The highest BCUT2D eigenvalue weighted by molar-refractivity contribution is 8.26. The maximum absolute atomic E-state index is 12.8. The first kappa shape index (κ1) is 24.5. The number of allylic oxidation sites excluding steroid dienone is 2. The fourth-order valence-electron chi connectivity index (χ4n) is 3.93.